The number of rotatable bonds is 6. The van der Waals surface area contributed by atoms with E-state index in [-0.39, 0.29) is 5.41 Å². The molecule has 5 heteroatoms. The number of nitrogens with zero attached hydrogens (tertiary/aromatic N) is 1. The Bertz CT molecular complexity index is 839. The number of hydrogen-bond donors (Lipinski definition) is 0. The minimum Gasteiger partial charge on any atom is -0.180 e. The molecule has 0 bridgehead atoms. The van der Waals surface area contributed by atoms with Crippen molar-refractivity contribution >= 4 is 10.5 Å². The van der Waals surface area contributed by atoms with Crippen LogP contribution in [0.25, 0.3) is 0 Å². The fourth-order valence-electron chi connectivity index (χ4n) is 8.93. The average Bonchev–Trinajstić information content (AvgIpc) is 3.04. The smallest absolute Gasteiger partial charge is 0.180 e. The lowest BCUT2D eigenvalue weighted by molar-refractivity contribution is -0.0508. The number of fused-ring (bicyclic) bond motifs is 5. The van der Waals surface area contributed by atoms with E-state index in [1.165, 1.54) is 50.5 Å². The minimum atomic E-state index is -5.00. The van der Waals surface area contributed by atoms with Gasteiger partial charge < -0.3 is 0 Å². The molecule has 32 heavy (non-hydrogen) atoms. The van der Waals surface area contributed by atoms with Gasteiger partial charge in [0.15, 0.2) is 0 Å². The molecule has 0 amide bonds. The third kappa shape index (κ3) is 4.58. The maximum absolute atomic E-state index is 13.0. The first-order valence-corrected chi connectivity index (χ1v) is 14.6. The van der Waals surface area contributed by atoms with Crippen LogP contribution in [-0.4, -0.2) is 10.3 Å². The maximum atomic E-state index is 13.0. The molecule has 4 aliphatic carbocycles. The van der Waals surface area contributed by atoms with Crippen molar-refractivity contribution in [1.29, 1.82) is 0 Å². The first kappa shape index (κ1) is 24.7. The fraction of sp³-hybridized carbons (Fsp3) is 0.926. The van der Waals surface area contributed by atoms with Crippen molar-refractivity contribution in [2.45, 2.75) is 111 Å². The highest BCUT2D eigenvalue weighted by molar-refractivity contribution is 7.83. The van der Waals surface area contributed by atoms with Crippen LogP contribution in [0.3, 0.4) is 0 Å². The fourth-order valence-corrected chi connectivity index (χ4v) is 9.46. The van der Waals surface area contributed by atoms with Crippen LogP contribution in [0.1, 0.15) is 105 Å². The lowest BCUT2D eigenvalue weighted by atomic mass is 9.47. The summed E-state index contributed by atoms with van der Waals surface area (Å²) in [5.41, 5.74) is 1.94. The molecule has 0 aromatic heterocycles. The van der Waals surface area contributed by atoms with Gasteiger partial charge in [-0.25, -0.2) is 0 Å². The zero-order valence-corrected chi connectivity index (χ0v) is 21.7. The van der Waals surface area contributed by atoms with Gasteiger partial charge in [0.25, 0.3) is 0 Å². The van der Waals surface area contributed by atoms with E-state index in [2.05, 4.69) is 45.1 Å². The average molecular weight is 470 g/mol. The Balaban J connectivity index is 1.49. The quantitative estimate of drug-likeness (QED) is 0.283. The normalized spacial score (nSPS) is 42.6. The van der Waals surface area contributed by atoms with Crippen LogP contribution in [0.2, 0.25) is 0 Å². The minimum absolute atomic E-state index is 0.130. The van der Waals surface area contributed by atoms with E-state index in [1.54, 1.807) is 0 Å². The predicted octanol–water partition coefficient (Wildman–Crippen LogP) is 8.63. The molecule has 3 fully saturated rings. The van der Waals surface area contributed by atoms with Crippen molar-refractivity contribution in [3.05, 3.63) is 11.6 Å². The number of allylic oxidation sites excluding steroid dienone is 1. The summed E-state index contributed by atoms with van der Waals surface area (Å²) in [6.45, 7) is 12.2. The summed E-state index contributed by atoms with van der Waals surface area (Å²) < 4.78 is 40.4. The second kappa shape index (κ2) is 8.96. The van der Waals surface area contributed by atoms with Crippen molar-refractivity contribution in [3.8, 4) is 0 Å². The Morgan fingerprint density at radius 3 is 2.50 bits per heavy atom. The molecule has 4 aliphatic rings. The molecule has 2 nitrogen and oxygen atoms in total. The van der Waals surface area contributed by atoms with Gasteiger partial charge in [-0.05, 0) is 97.7 Å². The molecule has 3 saturated carbocycles. The summed E-state index contributed by atoms with van der Waals surface area (Å²) in [6, 6.07) is -0.468. The molecule has 8 atom stereocenters. The SMILES string of the molecule is CC(C)CCC[C@@H](C)[C@H]1CC[C@H]2[C@@H]3CC=C4C[C@@H](N=S(=O)(F)F)CC[C@]4(C)[C@H]3CC[C@]12C. The molecule has 0 aromatic carbocycles. The van der Waals surface area contributed by atoms with Crippen molar-refractivity contribution in [2.75, 3.05) is 0 Å². The second-order valence-corrected chi connectivity index (χ2v) is 13.7. The van der Waals surface area contributed by atoms with E-state index < -0.39 is 16.5 Å². The zero-order valence-electron chi connectivity index (χ0n) is 20.9. The van der Waals surface area contributed by atoms with Gasteiger partial charge in [0.1, 0.15) is 0 Å². The van der Waals surface area contributed by atoms with Crippen LogP contribution >= 0.6 is 0 Å². The van der Waals surface area contributed by atoms with Gasteiger partial charge in [0.05, 0.1) is 6.04 Å². The zero-order chi connectivity index (χ0) is 23.3. The summed E-state index contributed by atoms with van der Waals surface area (Å²) in [5.74, 6) is 4.71. The van der Waals surface area contributed by atoms with Crippen LogP contribution in [0, 0.1) is 46.3 Å². The molecule has 0 heterocycles. The Labute approximate surface area is 196 Å². The first-order chi connectivity index (χ1) is 14.9. The van der Waals surface area contributed by atoms with Crippen molar-refractivity contribution in [2.24, 2.45) is 50.7 Å². The van der Waals surface area contributed by atoms with Gasteiger partial charge in [0, 0.05) is 0 Å². The molecule has 0 unspecified atom stereocenters. The number of hydrogen-bond acceptors (Lipinski definition) is 2. The Hall–Kier alpha value is -0.450. The van der Waals surface area contributed by atoms with E-state index in [0.717, 1.165) is 42.4 Å². The van der Waals surface area contributed by atoms with Gasteiger partial charge in [0.2, 0.25) is 0 Å². The lowest BCUT2D eigenvalue weighted by Crippen LogP contribution is -2.50. The van der Waals surface area contributed by atoms with Gasteiger partial charge >= 0.3 is 10.5 Å². The Morgan fingerprint density at radius 2 is 1.81 bits per heavy atom. The van der Waals surface area contributed by atoms with Gasteiger partial charge in [-0.2, -0.15) is 8.57 Å². The van der Waals surface area contributed by atoms with Crippen molar-refractivity contribution in [3.63, 3.8) is 0 Å². The third-order valence-electron chi connectivity index (χ3n) is 10.6. The van der Waals surface area contributed by atoms with Crippen molar-refractivity contribution in [1.82, 2.24) is 0 Å². The largest absolute Gasteiger partial charge is 0.367 e. The van der Waals surface area contributed by atoms with E-state index in [0.29, 0.717) is 24.2 Å². The highest BCUT2D eigenvalue weighted by Gasteiger charge is 2.59. The van der Waals surface area contributed by atoms with E-state index >= 15 is 0 Å². The van der Waals surface area contributed by atoms with Crippen LogP contribution in [0.4, 0.5) is 7.77 Å². The monoisotopic (exact) mass is 469 g/mol. The van der Waals surface area contributed by atoms with Crippen LogP contribution in [-0.2, 0) is 10.5 Å². The first-order valence-electron chi connectivity index (χ1n) is 13.3. The molecule has 0 saturated heterocycles. The van der Waals surface area contributed by atoms with Crippen LogP contribution in [0.15, 0.2) is 16.0 Å². The summed E-state index contributed by atoms with van der Waals surface area (Å²) in [6.07, 6.45) is 15.1. The van der Waals surface area contributed by atoms with Crippen LogP contribution < -0.4 is 0 Å². The highest BCUT2D eigenvalue weighted by Crippen LogP contribution is 2.67. The molecule has 0 spiro atoms. The van der Waals surface area contributed by atoms with Crippen LogP contribution in [0.5, 0.6) is 0 Å². The molecule has 4 rings (SSSR count). The summed E-state index contributed by atoms with van der Waals surface area (Å²) in [7, 11) is -5.00. The predicted molar refractivity (Wildman–Crippen MR) is 130 cm³/mol. The second-order valence-electron chi connectivity index (χ2n) is 12.7. The highest BCUT2D eigenvalue weighted by atomic mass is 32.3. The summed E-state index contributed by atoms with van der Waals surface area (Å²) in [4.78, 5) is 0. The van der Waals surface area contributed by atoms with Gasteiger partial charge in [-0.3, -0.25) is 0 Å². The van der Waals surface area contributed by atoms with E-state index in [9.17, 15) is 12.0 Å². The Kier molecular flexibility index (Phi) is 6.91. The summed E-state index contributed by atoms with van der Waals surface area (Å²) >= 11 is 0. The third-order valence-corrected chi connectivity index (χ3v) is 11.1. The molecular formula is C27H45F2NOS. The summed E-state index contributed by atoms with van der Waals surface area (Å²) in [5, 5.41) is 0. The topological polar surface area (TPSA) is 29.4 Å². The van der Waals surface area contributed by atoms with E-state index in [4.69, 9.17) is 0 Å². The molecule has 0 N–H and O–H groups in total. The van der Waals surface area contributed by atoms with Gasteiger partial charge in [-0.1, -0.05) is 73.3 Å². The van der Waals surface area contributed by atoms with Gasteiger partial charge in [-0.15, -0.1) is 0 Å². The lowest BCUT2D eigenvalue weighted by Gasteiger charge is -2.58. The Morgan fingerprint density at radius 1 is 1.06 bits per heavy atom. The molecule has 0 radical (unpaired) electrons. The number of halogens is 2. The van der Waals surface area contributed by atoms with Crippen molar-refractivity contribution < 1.29 is 12.0 Å². The maximum Gasteiger partial charge on any atom is 0.367 e. The standard InChI is InChI=1S/C27H45F2NOS/c1-18(2)7-6-8-19(3)23-11-12-24-22-10-9-20-17-21(30-32(28,29)31)13-15-26(20,4)25(22)14-16-27(23,24)5/h9,18-19,21-25H,6-8,10-17H2,1-5H3/t19-,21+,22+,23-,24+,25+,26+,27-/m1/s1. The molecular weight excluding hydrogens is 424 g/mol. The molecule has 0 aliphatic heterocycles. The van der Waals surface area contributed by atoms with E-state index in [1.807, 2.05) is 0 Å². The molecule has 0 aromatic rings. The molecule has 184 valence electrons.